The molecule has 2 unspecified atom stereocenters. The first-order valence-electron chi connectivity index (χ1n) is 6.53. The molecule has 1 amide bonds. The van der Waals surface area contributed by atoms with Crippen LogP contribution >= 0.6 is 0 Å². The maximum atomic E-state index is 12.0. The third kappa shape index (κ3) is 2.88. The number of aliphatic hydroxyl groups is 1. The Morgan fingerprint density at radius 3 is 3.00 bits per heavy atom. The lowest BCUT2D eigenvalue weighted by Crippen LogP contribution is -2.32. The second-order valence-electron chi connectivity index (χ2n) is 5.01. The normalized spacial score (nSPS) is 23.0. The van der Waals surface area contributed by atoms with E-state index in [2.05, 4.69) is 10.3 Å². The predicted molar refractivity (Wildman–Crippen MR) is 69.2 cm³/mol. The number of nitrogens with one attached hydrogen (secondary N) is 1. The monoisotopic (exact) mass is 248 g/mol. The zero-order valence-electron chi connectivity index (χ0n) is 10.7. The van der Waals surface area contributed by atoms with Crippen LogP contribution in [0.1, 0.15) is 35.3 Å². The van der Waals surface area contributed by atoms with Gasteiger partial charge in [0, 0.05) is 19.3 Å². The summed E-state index contributed by atoms with van der Waals surface area (Å²) in [5.41, 5.74) is 1.39. The standard InChI is InChI=1S/C14H20N2O2/c1-10-4-3-7-15-13(10)14(18)16-8-11-5-2-6-12(11)9-17/h3-4,7,11-12,17H,2,5-6,8-9H2,1H3,(H,16,18). The van der Waals surface area contributed by atoms with Crippen molar-refractivity contribution < 1.29 is 9.90 Å². The Morgan fingerprint density at radius 2 is 2.28 bits per heavy atom. The number of hydrogen-bond acceptors (Lipinski definition) is 3. The number of nitrogens with zero attached hydrogens (tertiary/aromatic N) is 1. The maximum Gasteiger partial charge on any atom is 0.270 e. The van der Waals surface area contributed by atoms with Crippen molar-refractivity contribution in [3.8, 4) is 0 Å². The molecule has 1 aliphatic rings. The van der Waals surface area contributed by atoms with E-state index in [1.54, 1.807) is 6.20 Å². The molecular weight excluding hydrogens is 228 g/mol. The second-order valence-corrected chi connectivity index (χ2v) is 5.01. The summed E-state index contributed by atoms with van der Waals surface area (Å²) in [4.78, 5) is 16.1. The fourth-order valence-corrected chi connectivity index (χ4v) is 2.65. The van der Waals surface area contributed by atoms with Crippen LogP contribution in [0, 0.1) is 18.8 Å². The minimum absolute atomic E-state index is 0.114. The van der Waals surface area contributed by atoms with Crippen LogP contribution in [0.4, 0.5) is 0 Å². The van der Waals surface area contributed by atoms with E-state index in [1.807, 2.05) is 19.1 Å². The Kier molecular flexibility index (Phi) is 4.31. The zero-order chi connectivity index (χ0) is 13.0. The molecule has 2 rings (SSSR count). The molecule has 0 saturated heterocycles. The number of pyridine rings is 1. The van der Waals surface area contributed by atoms with Gasteiger partial charge in [0.2, 0.25) is 0 Å². The summed E-state index contributed by atoms with van der Waals surface area (Å²) >= 11 is 0. The third-order valence-electron chi connectivity index (χ3n) is 3.80. The highest BCUT2D eigenvalue weighted by atomic mass is 16.3. The number of carbonyl (C=O) groups is 1. The molecule has 1 fully saturated rings. The second kappa shape index (κ2) is 5.96. The molecule has 2 atom stereocenters. The van der Waals surface area contributed by atoms with E-state index < -0.39 is 0 Å². The fraction of sp³-hybridized carbons (Fsp3) is 0.571. The van der Waals surface area contributed by atoms with Crippen molar-refractivity contribution in [1.29, 1.82) is 0 Å². The molecule has 1 heterocycles. The smallest absolute Gasteiger partial charge is 0.270 e. The van der Waals surface area contributed by atoms with Crippen LogP contribution in [0.2, 0.25) is 0 Å². The Morgan fingerprint density at radius 1 is 1.50 bits per heavy atom. The average molecular weight is 248 g/mol. The average Bonchev–Trinajstić information content (AvgIpc) is 2.84. The van der Waals surface area contributed by atoms with E-state index in [0.717, 1.165) is 24.8 Å². The molecule has 4 heteroatoms. The molecule has 2 N–H and O–H groups in total. The van der Waals surface area contributed by atoms with Gasteiger partial charge in [0.25, 0.3) is 5.91 Å². The molecule has 1 aromatic rings. The molecule has 0 aromatic carbocycles. The molecule has 0 aliphatic heterocycles. The van der Waals surface area contributed by atoms with Crippen molar-refractivity contribution in [2.45, 2.75) is 26.2 Å². The Hall–Kier alpha value is -1.42. The lowest BCUT2D eigenvalue weighted by Gasteiger charge is -2.17. The van der Waals surface area contributed by atoms with Crippen LogP contribution in [-0.2, 0) is 0 Å². The van der Waals surface area contributed by atoms with Crippen molar-refractivity contribution in [3.63, 3.8) is 0 Å². The van der Waals surface area contributed by atoms with Gasteiger partial charge < -0.3 is 10.4 Å². The highest BCUT2D eigenvalue weighted by Gasteiger charge is 2.27. The summed E-state index contributed by atoms with van der Waals surface area (Å²) in [6.07, 6.45) is 4.94. The number of aryl methyl sites for hydroxylation is 1. The molecule has 98 valence electrons. The van der Waals surface area contributed by atoms with Crippen molar-refractivity contribution in [2.24, 2.45) is 11.8 Å². The third-order valence-corrected chi connectivity index (χ3v) is 3.80. The Balaban J connectivity index is 1.91. The van der Waals surface area contributed by atoms with Gasteiger partial charge in [-0.3, -0.25) is 9.78 Å². The van der Waals surface area contributed by atoms with E-state index in [1.165, 1.54) is 0 Å². The maximum absolute atomic E-state index is 12.0. The van der Waals surface area contributed by atoms with Gasteiger partial charge in [-0.15, -0.1) is 0 Å². The van der Waals surface area contributed by atoms with E-state index in [4.69, 9.17) is 0 Å². The SMILES string of the molecule is Cc1cccnc1C(=O)NCC1CCCC1CO. The minimum atomic E-state index is -0.114. The highest BCUT2D eigenvalue weighted by molar-refractivity contribution is 5.93. The molecule has 0 radical (unpaired) electrons. The molecular formula is C14H20N2O2. The van der Waals surface area contributed by atoms with Gasteiger partial charge in [-0.25, -0.2) is 0 Å². The van der Waals surface area contributed by atoms with E-state index in [0.29, 0.717) is 24.1 Å². The summed E-state index contributed by atoms with van der Waals surface area (Å²) < 4.78 is 0. The molecule has 0 spiro atoms. The Bertz CT molecular complexity index is 420. The lowest BCUT2D eigenvalue weighted by molar-refractivity contribution is 0.0932. The molecule has 18 heavy (non-hydrogen) atoms. The zero-order valence-corrected chi connectivity index (χ0v) is 10.7. The van der Waals surface area contributed by atoms with Crippen LogP contribution < -0.4 is 5.32 Å². The van der Waals surface area contributed by atoms with Crippen LogP contribution in [0.25, 0.3) is 0 Å². The van der Waals surface area contributed by atoms with Gasteiger partial charge in [0.1, 0.15) is 5.69 Å². The summed E-state index contributed by atoms with van der Waals surface area (Å²) in [5.74, 6) is 0.634. The van der Waals surface area contributed by atoms with Crippen LogP contribution in [0.15, 0.2) is 18.3 Å². The van der Waals surface area contributed by atoms with Gasteiger partial charge in [0.05, 0.1) is 0 Å². The number of aliphatic hydroxyl groups excluding tert-OH is 1. The summed E-state index contributed by atoms with van der Waals surface area (Å²) in [6.45, 7) is 2.75. The Labute approximate surface area is 107 Å². The molecule has 1 aromatic heterocycles. The molecule has 4 nitrogen and oxygen atoms in total. The molecule has 1 aliphatic carbocycles. The fourth-order valence-electron chi connectivity index (χ4n) is 2.65. The minimum Gasteiger partial charge on any atom is -0.396 e. The van der Waals surface area contributed by atoms with Gasteiger partial charge in [-0.2, -0.15) is 0 Å². The van der Waals surface area contributed by atoms with Gasteiger partial charge in [-0.1, -0.05) is 12.5 Å². The first-order valence-corrected chi connectivity index (χ1v) is 6.53. The lowest BCUT2D eigenvalue weighted by atomic mass is 9.97. The van der Waals surface area contributed by atoms with Gasteiger partial charge >= 0.3 is 0 Å². The first-order chi connectivity index (χ1) is 8.72. The topological polar surface area (TPSA) is 62.2 Å². The van der Waals surface area contributed by atoms with Crippen molar-refractivity contribution in [1.82, 2.24) is 10.3 Å². The van der Waals surface area contributed by atoms with Crippen LogP contribution in [0.3, 0.4) is 0 Å². The molecule has 1 saturated carbocycles. The van der Waals surface area contributed by atoms with Gasteiger partial charge in [0.15, 0.2) is 0 Å². The number of amides is 1. The highest BCUT2D eigenvalue weighted by Crippen LogP contribution is 2.30. The summed E-state index contributed by atoms with van der Waals surface area (Å²) in [5, 5.41) is 12.2. The number of hydrogen-bond donors (Lipinski definition) is 2. The van der Waals surface area contributed by atoms with Crippen LogP contribution in [-0.4, -0.2) is 29.1 Å². The summed E-state index contributed by atoms with van der Waals surface area (Å²) in [7, 11) is 0. The van der Waals surface area contributed by atoms with E-state index >= 15 is 0 Å². The van der Waals surface area contributed by atoms with E-state index in [-0.39, 0.29) is 12.5 Å². The van der Waals surface area contributed by atoms with Gasteiger partial charge in [-0.05, 0) is 43.2 Å². The van der Waals surface area contributed by atoms with Crippen LogP contribution in [0.5, 0.6) is 0 Å². The van der Waals surface area contributed by atoms with E-state index in [9.17, 15) is 9.90 Å². The molecule has 0 bridgehead atoms. The van der Waals surface area contributed by atoms with Crippen molar-refractivity contribution in [3.05, 3.63) is 29.6 Å². The number of carbonyl (C=O) groups excluding carboxylic acids is 1. The summed E-state index contributed by atoms with van der Waals surface area (Å²) in [6, 6.07) is 3.71. The van der Waals surface area contributed by atoms with Crippen molar-refractivity contribution >= 4 is 5.91 Å². The van der Waals surface area contributed by atoms with Crippen molar-refractivity contribution in [2.75, 3.05) is 13.2 Å². The largest absolute Gasteiger partial charge is 0.396 e. The number of rotatable bonds is 4. The first kappa shape index (κ1) is 13.0. The number of aromatic nitrogens is 1. The predicted octanol–water partition coefficient (Wildman–Crippen LogP) is 1.53. The quantitative estimate of drug-likeness (QED) is 0.849.